The number of aromatic nitrogens is 1. The van der Waals surface area contributed by atoms with Crippen molar-refractivity contribution in [2.24, 2.45) is 0 Å². The minimum absolute atomic E-state index is 0.926. The largest absolute Gasteiger partial charge is 0.364 e. The molecule has 0 aliphatic heterocycles. The first-order chi connectivity index (χ1) is 9.34. The van der Waals surface area contributed by atoms with Crippen LogP contribution in [0.25, 0.3) is 0 Å². The molecular formula is C16H23N3. The van der Waals surface area contributed by atoms with Crippen molar-refractivity contribution in [3.8, 4) is 0 Å². The lowest BCUT2D eigenvalue weighted by molar-refractivity contribution is 0.319. The van der Waals surface area contributed by atoms with E-state index in [1.165, 1.54) is 17.7 Å². The first kappa shape index (κ1) is 13.8. The van der Waals surface area contributed by atoms with E-state index in [-0.39, 0.29) is 0 Å². The van der Waals surface area contributed by atoms with Gasteiger partial charge in [-0.1, -0.05) is 30.3 Å². The summed E-state index contributed by atoms with van der Waals surface area (Å²) < 4.78 is 0. The summed E-state index contributed by atoms with van der Waals surface area (Å²) in [5.41, 5.74) is 2.63. The summed E-state index contributed by atoms with van der Waals surface area (Å²) in [6, 6.07) is 14.8. The average Bonchev–Trinajstić information content (AvgIpc) is 2.92. The summed E-state index contributed by atoms with van der Waals surface area (Å²) in [4.78, 5) is 5.56. The summed E-state index contributed by atoms with van der Waals surface area (Å²) in [7, 11) is 2.18. The number of hydrogen-bond acceptors (Lipinski definition) is 2. The van der Waals surface area contributed by atoms with Crippen LogP contribution in [0.5, 0.6) is 0 Å². The standard InChI is InChI=1S/C16H23N3/c1-19(14-15-7-3-2-4-8-15)12-6-10-17-13-16-9-5-11-18-16/h2-5,7-9,11,17-18H,6,10,12-14H2,1H3. The Labute approximate surface area is 115 Å². The van der Waals surface area contributed by atoms with Gasteiger partial charge in [-0.3, -0.25) is 0 Å². The fourth-order valence-corrected chi connectivity index (χ4v) is 2.15. The summed E-state index contributed by atoms with van der Waals surface area (Å²) in [5.74, 6) is 0. The van der Waals surface area contributed by atoms with Gasteiger partial charge in [0.05, 0.1) is 0 Å². The summed E-state index contributed by atoms with van der Waals surface area (Å²) in [6.07, 6.45) is 3.13. The number of rotatable bonds is 8. The van der Waals surface area contributed by atoms with Crippen LogP contribution in [0.1, 0.15) is 17.7 Å². The number of benzene rings is 1. The Morgan fingerprint density at radius 2 is 1.95 bits per heavy atom. The Bertz CT molecular complexity index is 436. The van der Waals surface area contributed by atoms with E-state index in [4.69, 9.17) is 0 Å². The van der Waals surface area contributed by atoms with Crippen LogP contribution in [0.3, 0.4) is 0 Å². The van der Waals surface area contributed by atoms with E-state index in [1.807, 2.05) is 12.3 Å². The minimum Gasteiger partial charge on any atom is -0.364 e. The SMILES string of the molecule is CN(CCCNCc1ccc[nH]1)Cc1ccccc1. The normalized spacial score (nSPS) is 11.1. The van der Waals surface area contributed by atoms with Gasteiger partial charge in [-0.2, -0.15) is 0 Å². The molecule has 0 atom stereocenters. The maximum atomic E-state index is 3.45. The third kappa shape index (κ3) is 5.28. The van der Waals surface area contributed by atoms with Gasteiger partial charge in [-0.05, 0) is 44.3 Å². The van der Waals surface area contributed by atoms with Gasteiger partial charge in [0.1, 0.15) is 0 Å². The Kier molecular flexibility index (Phi) is 5.66. The molecule has 1 heterocycles. The van der Waals surface area contributed by atoms with E-state index in [9.17, 15) is 0 Å². The van der Waals surface area contributed by atoms with Gasteiger partial charge in [-0.25, -0.2) is 0 Å². The van der Waals surface area contributed by atoms with Crippen LogP contribution in [0.2, 0.25) is 0 Å². The lowest BCUT2D eigenvalue weighted by Crippen LogP contribution is -2.23. The minimum atomic E-state index is 0.926. The predicted octanol–water partition coefficient (Wildman–Crippen LogP) is 2.63. The molecule has 3 nitrogen and oxygen atoms in total. The highest BCUT2D eigenvalue weighted by Crippen LogP contribution is 2.02. The molecular weight excluding hydrogens is 234 g/mol. The van der Waals surface area contributed by atoms with Crippen LogP contribution in [-0.2, 0) is 13.1 Å². The molecule has 0 radical (unpaired) electrons. The van der Waals surface area contributed by atoms with Crippen LogP contribution in [0, 0.1) is 0 Å². The number of nitrogens with one attached hydrogen (secondary N) is 2. The second-order valence-electron chi connectivity index (χ2n) is 4.95. The second-order valence-corrected chi connectivity index (χ2v) is 4.95. The van der Waals surface area contributed by atoms with E-state index in [1.54, 1.807) is 0 Å². The molecule has 3 heteroatoms. The number of H-pyrrole nitrogens is 1. The van der Waals surface area contributed by atoms with E-state index < -0.39 is 0 Å². The van der Waals surface area contributed by atoms with Crippen molar-refractivity contribution >= 4 is 0 Å². The highest BCUT2D eigenvalue weighted by molar-refractivity contribution is 5.14. The maximum Gasteiger partial charge on any atom is 0.0357 e. The van der Waals surface area contributed by atoms with Crippen molar-refractivity contribution in [1.29, 1.82) is 0 Å². The van der Waals surface area contributed by atoms with Gasteiger partial charge in [0.25, 0.3) is 0 Å². The van der Waals surface area contributed by atoms with Crippen molar-refractivity contribution in [3.05, 3.63) is 59.9 Å². The molecule has 2 rings (SSSR count). The summed E-state index contributed by atoms with van der Waals surface area (Å²) in [5, 5.41) is 3.45. The van der Waals surface area contributed by atoms with E-state index >= 15 is 0 Å². The van der Waals surface area contributed by atoms with Crippen LogP contribution in [0.4, 0.5) is 0 Å². The van der Waals surface area contributed by atoms with Crippen LogP contribution in [-0.4, -0.2) is 30.0 Å². The summed E-state index contributed by atoms with van der Waals surface area (Å²) in [6.45, 7) is 4.12. The monoisotopic (exact) mass is 257 g/mol. The molecule has 0 saturated heterocycles. The molecule has 0 fully saturated rings. The van der Waals surface area contributed by atoms with E-state index in [0.717, 1.165) is 26.2 Å². The number of nitrogens with zero attached hydrogens (tertiary/aromatic N) is 1. The maximum absolute atomic E-state index is 3.45. The Morgan fingerprint density at radius 1 is 1.11 bits per heavy atom. The predicted molar refractivity (Wildman–Crippen MR) is 79.9 cm³/mol. The molecule has 0 aliphatic rings. The Hall–Kier alpha value is -1.58. The zero-order valence-electron chi connectivity index (χ0n) is 11.6. The van der Waals surface area contributed by atoms with Gasteiger partial charge >= 0.3 is 0 Å². The van der Waals surface area contributed by atoms with Crippen molar-refractivity contribution in [1.82, 2.24) is 15.2 Å². The zero-order chi connectivity index (χ0) is 13.3. The van der Waals surface area contributed by atoms with E-state index in [2.05, 4.69) is 58.6 Å². The molecule has 0 saturated carbocycles. The molecule has 0 aliphatic carbocycles. The third-order valence-electron chi connectivity index (χ3n) is 3.17. The first-order valence-electron chi connectivity index (χ1n) is 6.90. The highest BCUT2D eigenvalue weighted by atomic mass is 15.1. The molecule has 2 N–H and O–H groups in total. The van der Waals surface area contributed by atoms with Crippen LogP contribution in [0.15, 0.2) is 48.7 Å². The van der Waals surface area contributed by atoms with E-state index in [0.29, 0.717) is 0 Å². The van der Waals surface area contributed by atoms with Crippen molar-refractivity contribution < 1.29 is 0 Å². The smallest absolute Gasteiger partial charge is 0.0357 e. The third-order valence-corrected chi connectivity index (χ3v) is 3.17. The highest BCUT2D eigenvalue weighted by Gasteiger charge is 1.99. The van der Waals surface area contributed by atoms with Gasteiger partial charge in [0.15, 0.2) is 0 Å². The molecule has 2 aromatic rings. The number of aromatic amines is 1. The molecule has 1 aromatic heterocycles. The van der Waals surface area contributed by atoms with Gasteiger partial charge in [0.2, 0.25) is 0 Å². The first-order valence-corrected chi connectivity index (χ1v) is 6.90. The summed E-state index contributed by atoms with van der Waals surface area (Å²) >= 11 is 0. The molecule has 0 spiro atoms. The van der Waals surface area contributed by atoms with Gasteiger partial charge in [-0.15, -0.1) is 0 Å². The van der Waals surface area contributed by atoms with Crippen molar-refractivity contribution in [2.75, 3.05) is 20.1 Å². The topological polar surface area (TPSA) is 31.1 Å². The van der Waals surface area contributed by atoms with Crippen molar-refractivity contribution in [3.63, 3.8) is 0 Å². The average molecular weight is 257 g/mol. The molecule has 0 unspecified atom stereocenters. The second kappa shape index (κ2) is 7.77. The molecule has 0 amide bonds. The van der Waals surface area contributed by atoms with Crippen LogP contribution < -0.4 is 5.32 Å². The molecule has 1 aromatic carbocycles. The Balaban J connectivity index is 1.55. The van der Waals surface area contributed by atoms with Gasteiger partial charge in [0, 0.05) is 25.0 Å². The molecule has 0 bridgehead atoms. The van der Waals surface area contributed by atoms with Crippen molar-refractivity contribution in [2.45, 2.75) is 19.5 Å². The molecule has 102 valence electrons. The lowest BCUT2D eigenvalue weighted by atomic mass is 10.2. The lowest BCUT2D eigenvalue weighted by Gasteiger charge is -2.16. The van der Waals surface area contributed by atoms with Gasteiger partial charge < -0.3 is 15.2 Å². The number of hydrogen-bond donors (Lipinski definition) is 2. The fourth-order valence-electron chi connectivity index (χ4n) is 2.15. The zero-order valence-corrected chi connectivity index (χ0v) is 11.6. The fraction of sp³-hybridized carbons (Fsp3) is 0.375. The Morgan fingerprint density at radius 3 is 2.68 bits per heavy atom. The molecule has 19 heavy (non-hydrogen) atoms. The quantitative estimate of drug-likeness (QED) is 0.712. The van der Waals surface area contributed by atoms with Crippen LogP contribution >= 0.6 is 0 Å².